The summed E-state index contributed by atoms with van der Waals surface area (Å²) in [5.74, 6) is -1.09. The predicted octanol–water partition coefficient (Wildman–Crippen LogP) is 3.82. The van der Waals surface area contributed by atoms with Crippen LogP contribution in [0.2, 0.25) is 0 Å². The van der Waals surface area contributed by atoms with E-state index in [0.717, 1.165) is 27.6 Å². The highest BCUT2D eigenvalue weighted by Crippen LogP contribution is 2.35. The third kappa shape index (κ3) is 3.29. The van der Waals surface area contributed by atoms with Gasteiger partial charge in [-0.25, -0.2) is 9.78 Å². The van der Waals surface area contributed by atoms with Gasteiger partial charge < -0.3 is 15.8 Å². The monoisotopic (exact) mass is 360 g/mol. The molecule has 0 aliphatic carbocycles. The molecule has 3 aromatic rings. The first kappa shape index (κ1) is 18.3. The normalized spacial score (nSPS) is 11.4. The number of aromatic nitrogens is 2. The van der Waals surface area contributed by atoms with Crippen molar-refractivity contribution in [2.24, 2.45) is 0 Å². The number of carboxylic acids is 1. The molecule has 6 heteroatoms. The minimum absolute atomic E-state index is 0.0286. The Hall–Kier alpha value is -3.54. The molecule has 0 radical (unpaired) electrons. The summed E-state index contributed by atoms with van der Waals surface area (Å²) in [6.07, 6.45) is 6.27. The van der Waals surface area contributed by atoms with Crippen LogP contribution in [0, 0.1) is 19.3 Å². The number of hydrogen-bond acceptors (Lipinski definition) is 5. The van der Waals surface area contributed by atoms with E-state index < -0.39 is 5.97 Å². The average Bonchev–Trinajstić information content (AvgIpc) is 2.65. The standard InChI is InChI=1S/C21H20N4O2/c1-12-10-17-20(13(2)19(12)14-5-8-24-9-6-14)15(16(23-3)4-7-22)11-18(25-17)21(26)27/h4-11,22-23H,1-3H3,(H,26,27)/b16-4-,22-7?. The number of pyridine rings is 2. The van der Waals surface area contributed by atoms with Gasteiger partial charge in [-0.05, 0) is 66.4 Å². The molecule has 136 valence electrons. The van der Waals surface area contributed by atoms with Crippen LogP contribution in [-0.2, 0) is 0 Å². The molecule has 6 nitrogen and oxygen atoms in total. The zero-order valence-corrected chi connectivity index (χ0v) is 15.4. The molecule has 0 fully saturated rings. The van der Waals surface area contributed by atoms with Crippen molar-refractivity contribution in [3.8, 4) is 11.1 Å². The van der Waals surface area contributed by atoms with Gasteiger partial charge in [0.15, 0.2) is 0 Å². The maximum absolute atomic E-state index is 11.6. The van der Waals surface area contributed by atoms with Crippen LogP contribution < -0.4 is 5.32 Å². The van der Waals surface area contributed by atoms with E-state index in [1.165, 1.54) is 6.21 Å². The first-order valence-electron chi connectivity index (χ1n) is 8.45. The van der Waals surface area contributed by atoms with Crippen LogP contribution in [0.4, 0.5) is 0 Å². The minimum atomic E-state index is -1.09. The molecule has 0 bridgehead atoms. The summed E-state index contributed by atoms with van der Waals surface area (Å²) in [4.78, 5) is 20.0. The van der Waals surface area contributed by atoms with Gasteiger partial charge in [-0.1, -0.05) is 0 Å². The third-order valence-corrected chi connectivity index (χ3v) is 4.54. The molecule has 3 N–H and O–H groups in total. The first-order chi connectivity index (χ1) is 13.0. The van der Waals surface area contributed by atoms with E-state index in [0.29, 0.717) is 16.8 Å². The Morgan fingerprint density at radius 1 is 1.22 bits per heavy atom. The molecule has 0 spiro atoms. The fourth-order valence-corrected chi connectivity index (χ4v) is 3.44. The third-order valence-electron chi connectivity index (χ3n) is 4.54. The van der Waals surface area contributed by atoms with E-state index in [9.17, 15) is 9.90 Å². The van der Waals surface area contributed by atoms with Gasteiger partial charge in [0.2, 0.25) is 0 Å². The first-order valence-corrected chi connectivity index (χ1v) is 8.45. The van der Waals surface area contributed by atoms with Crippen LogP contribution in [-0.4, -0.2) is 34.3 Å². The molecule has 0 amide bonds. The summed E-state index contributed by atoms with van der Waals surface area (Å²) in [6.45, 7) is 4.00. The number of benzene rings is 1. The van der Waals surface area contributed by atoms with Crippen LogP contribution in [0.3, 0.4) is 0 Å². The SMILES string of the molecule is CN/C(=C\C=N)c1cc(C(=O)O)nc2cc(C)c(-c3ccncc3)c(C)c12. The van der Waals surface area contributed by atoms with E-state index in [1.807, 2.05) is 32.0 Å². The van der Waals surface area contributed by atoms with Crippen molar-refractivity contribution in [3.05, 3.63) is 65.1 Å². The number of aryl methyl sites for hydroxylation is 2. The van der Waals surface area contributed by atoms with Crippen molar-refractivity contribution in [1.82, 2.24) is 15.3 Å². The second kappa shape index (κ2) is 7.37. The number of carboxylic acid groups (broad SMARTS) is 1. The van der Waals surface area contributed by atoms with Crippen LogP contribution in [0.1, 0.15) is 27.2 Å². The molecular weight excluding hydrogens is 340 g/mol. The Balaban J connectivity index is 2.46. The summed E-state index contributed by atoms with van der Waals surface area (Å²) < 4.78 is 0. The number of fused-ring (bicyclic) bond motifs is 1. The Labute approximate surface area is 157 Å². The number of allylic oxidation sites excluding steroid dienone is 1. The summed E-state index contributed by atoms with van der Waals surface area (Å²) in [5.41, 5.74) is 6.07. The number of carbonyl (C=O) groups is 1. The predicted molar refractivity (Wildman–Crippen MR) is 107 cm³/mol. The molecule has 0 atom stereocenters. The van der Waals surface area contributed by atoms with Gasteiger partial charge in [0.25, 0.3) is 0 Å². The summed E-state index contributed by atoms with van der Waals surface area (Å²) >= 11 is 0. The Morgan fingerprint density at radius 2 is 1.93 bits per heavy atom. The number of hydrogen-bond donors (Lipinski definition) is 3. The van der Waals surface area contributed by atoms with Crippen molar-refractivity contribution in [2.45, 2.75) is 13.8 Å². The minimum Gasteiger partial charge on any atom is -0.477 e. The molecule has 2 heterocycles. The largest absolute Gasteiger partial charge is 0.477 e. The Bertz CT molecular complexity index is 1070. The fraction of sp³-hybridized carbons (Fsp3) is 0.143. The summed E-state index contributed by atoms with van der Waals surface area (Å²) in [6, 6.07) is 7.36. The van der Waals surface area contributed by atoms with Crippen LogP contribution >= 0.6 is 0 Å². The molecule has 0 unspecified atom stereocenters. The Kier molecular flexibility index (Phi) is 4.98. The van der Waals surface area contributed by atoms with Gasteiger partial charge in [-0.15, -0.1) is 0 Å². The molecule has 0 aliphatic heterocycles. The molecule has 0 saturated carbocycles. The summed E-state index contributed by atoms with van der Waals surface area (Å²) in [5, 5.41) is 20.8. The smallest absolute Gasteiger partial charge is 0.354 e. The lowest BCUT2D eigenvalue weighted by Gasteiger charge is -2.18. The van der Waals surface area contributed by atoms with E-state index >= 15 is 0 Å². The van der Waals surface area contributed by atoms with Crippen molar-refractivity contribution in [3.63, 3.8) is 0 Å². The van der Waals surface area contributed by atoms with Crippen LogP contribution in [0.25, 0.3) is 27.7 Å². The Morgan fingerprint density at radius 3 is 2.52 bits per heavy atom. The second-order valence-corrected chi connectivity index (χ2v) is 6.18. The second-order valence-electron chi connectivity index (χ2n) is 6.18. The lowest BCUT2D eigenvalue weighted by molar-refractivity contribution is 0.0691. The molecule has 3 rings (SSSR count). The van der Waals surface area contributed by atoms with Crippen molar-refractivity contribution >= 4 is 28.8 Å². The lowest BCUT2D eigenvalue weighted by Crippen LogP contribution is -2.10. The fourth-order valence-electron chi connectivity index (χ4n) is 3.44. The maximum Gasteiger partial charge on any atom is 0.354 e. The molecule has 27 heavy (non-hydrogen) atoms. The van der Waals surface area contributed by atoms with Gasteiger partial charge in [0.1, 0.15) is 5.69 Å². The van der Waals surface area contributed by atoms with E-state index in [-0.39, 0.29) is 5.69 Å². The number of nitrogens with one attached hydrogen (secondary N) is 2. The summed E-state index contributed by atoms with van der Waals surface area (Å²) in [7, 11) is 1.75. The zero-order valence-electron chi connectivity index (χ0n) is 15.4. The highest BCUT2D eigenvalue weighted by molar-refractivity contribution is 6.02. The zero-order chi connectivity index (χ0) is 19.6. The van der Waals surface area contributed by atoms with Gasteiger partial charge in [0, 0.05) is 42.3 Å². The molecule has 0 aliphatic rings. The van der Waals surface area contributed by atoms with E-state index in [2.05, 4.69) is 15.3 Å². The van der Waals surface area contributed by atoms with Crippen molar-refractivity contribution < 1.29 is 9.90 Å². The van der Waals surface area contributed by atoms with Gasteiger partial charge in [-0.3, -0.25) is 4.98 Å². The van der Waals surface area contributed by atoms with Crippen molar-refractivity contribution in [1.29, 1.82) is 5.41 Å². The highest BCUT2D eigenvalue weighted by Gasteiger charge is 2.18. The van der Waals surface area contributed by atoms with Crippen LogP contribution in [0.5, 0.6) is 0 Å². The molecule has 1 aromatic carbocycles. The topological polar surface area (TPSA) is 99.0 Å². The van der Waals surface area contributed by atoms with Gasteiger partial charge in [0.05, 0.1) is 5.52 Å². The molecule has 2 aromatic heterocycles. The lowest BCUT2D eigenvalue weighted by atomic mass is 9.90. The number of nitrogens with zero attached hydrogens (tertiary/aromatic N) is 2. The average molecular weight is 360 g/mol. The van der Waals surface area contributed by atoms with E-state index in [4.69, 9.17) is 5.41 Å². The number of aromatic carboxylic acids is 1. The quantitative estimate of drug-likeness (QED) is 0.601. The van der Waals surface area contributed by atoms with Crippen LogP contribution in [0.15, 0.2) is 42.7 Å². The van der Waals surface area contributed by atoms with Gasteiger partial charge >= 0.3 is 5.97 Å². The molecule has 0 saturated heterocycles. The van der Waals surface area contributed by atoms with E-state index in [1.54, 1.807) is 31.6 Å². The highest BCUT2D eigenvalue weighted by atomic mass is 16.4. The number of rotatable bonds is 5. The van der Waals surface area contributed by atoms with Gasteiger partial charge in [-0.2, -0.15) is 0 Å². The van der Waals surface area contributed by atoms with Crippen molar-refractivity contribution in [2.75, 3.05) is 7.05 Å². The maximum atomic E-state index is 11.6. The molecular formula is C21H20N4O2.